The average molecular weight is 310 g/mol. The molecule has 114 valence electrons. The molecule has 0 aliphatic heterocycles. The van der Waals surface area contributed by atoms with Crippen molar-refractivity contribution >= 4 is 23.7 Å². The van der Waals surface area contributed by atoms with Crippen molar-refractivity contribution in [3.8, 4) is 0 Å². The molecule has 0 bridgehead atoms. The number of hydrogen-bond donors (Lipinski definition) is 2. The van der Waals surface area contributed by atoms with Crippen molar-refractivity contribution in [3.63, 3.8) is 0 Å². The van der Waals surface area contributed by atoms with E-state index in [1.807, 2.05) is 19.2 Å². The maximum Gasteiger partial charge on any atom is 0.290 e. The zero-order chi connectivity index (χ0) is 15.8. The van der Waals surface area contributed by atoms with Crippen LogP contribution in [0, 0.1) is 6.92 Å². The molecule has 2 N–H and O–H groups in total. The first-order valence-corrected chi connectivity index (χ1v) is 7.11. The smallest absolute Gasteiger partial charge is 0.290 e. The average Bonchev–Trinajstić information content (AvgIpc) is 3.10. The Balaban J connectivity index is 0.000000677. The Morgan fingerprint density at radius 3 is 2.71 bits per heavy atom. The summed E-state index contributed by atoms with van der Waals surface area (Å²) in [6.07, 6.45) is 3.69. The van der Waals surface area contributed by atoms with E-state index < -0.39 is 0 Å². The first-order chi connectivity index (χ1) is 10.0. The number of carboxylic acid groups (broad SMARTS) is 1. The number of rotatable bonds is 4. The highest BCUT2D eigenvalue weighted by Gasteiger charge is 2.20. The number of nitrogens with one attached hydrogen (secondary N) is 1. The fraction of sp³-hybridized carbons (Fsp3) is 0.385. The van der Waals surface area contributed by atoms with Crippen LogP contribution in [-0.4, -0.2) is 44.4 Å². The van der Waals surface area contributed by atoms with Crippen LogP contribution < -0.4 is 0 Å². The summed E-state index contributed by atoms with van der Waals surface area (Å²) in [4.78, 5) is 33.6. The van der Waals surface area contributed by atoms with Crippen LogP contribution in [0.4, 0.5) is 0 Å². The number of imidazole rings is 1. The fourth-order valence-electron chi connectivity index (χ4n) is 1.66. The van der Waals surface area contributed by atoms with Gasteiger partial charge in [0, 0.05) is 24.3 Å². The van der Waals surface area contributed by atoms with Gasteiger partial charge in [-0.25, -0.2) is 9.97 Å². The topological polar surface area (TPSA) is 99.2 Å². The Morgan fingerprint density at radius 1 is 1.57 bits per heavy atom. The van der Waals surface area contributed by atoms with Gasteiger partial charge in [-0.05, 0) is 13.8 Å². The van der Waals surface area contributed by atoms with Crippen LogP contribution in [0.1, 0.15) is 29.4 Å². The van der Waals surface area contributed by atoms with Crippen LogP contribution in [0.2, 0.25) is 0 Å². The molecule has 0 fully saturated rings. The minimum absolute atomic E-state index is 0.00301. The summed E-state index contributed by atoms with van der Waals surface area (Å²) in [6, 6.07) is -0.00301. The molecule has 7 nitrogen and oxygen atoms in total. The van der Waals surface area contributed by atoms with Gasteiger partial charge < -0.3 is 15.0 Å². The lowest BCUT2D eigenvalue weighted by Crippen LogP contribution is -2.31. The second-order valence-electron chi connectivity index (χ2n) is 4.31. The predicted octanol–water partition coefficient (Wildman–Crippen LogP) is 1.64. The van der Waals surface area contributed by atoms with E-state index in [9.17, 15) is 4.79 Å². The molecule has 0 saturated carbocycles. The van der Waals surface area contributed by atoms with Gasteiger partial charge in [-0.15, -0.1) is 11.3 Å². The van der Waals surface area contributed by atoms with Crippen LogP contribution in [-0.2, 0) is 16.0 Å². The number of aromatic amines is 1. The molecule has 2 aromatic rings. The molecule has 8 heteroatoms. The number of H-pyrrole nitrogens is 1. The minimum Gasteiger partial charge on any atom is -0.483 e. The summed E-state index contributed by atoms with van der Waals surface area (Å²) in [5, 5.41) is 9.76. The molecule has 1 amide bonds. The van der Waals surface area contributed by atoms with Crippen LogP contribution in [0.15, 0.2) is 17.9 Å². The molecule has 2 aromatic heterocycles. The molecular formula is C13H18N4O3S. The summed E-state index contributed by atoms with van der Waals surface area (Å²) in [6.45, 7) is 3.65. The molecule has 0 aromatic carbocycles. The van der Waals surface area contributed by atoms with Crippen molar-refractivity contribution in [2.45, 2.75) is 26.3 Å². The first-order valence-electron chi connectivity index (χ1n) is 6.23. The summed E-state index contributed by atoms with van der Waals surface area (Å²) in [7, 11) is 1.80. The van der Waals surface area contributed by atoms with Gasteiger partial charge in [0.1, 0.15) is 5.01 Å². The highest BCUT2D eigenvalue weighted by Crippen LogP contribution is 2.21. The SMILES string of the molecule is Cc1[nH]cnc1CC(=O)N(C)C(C)c1nccs1.O=CO. The summed E-state index contributed by atoms with van der Waals surface area (Å²) >= 11 is 1.56. The number of amides is 1. The Labute approximate surface area is 126 Å². The lowest BCUT2D eigenvalue weighted by Gasteiger charge is -2.23. The molecule has 1 atom stereocenters. The Bertz CT molecular complexity index is 568. The van der Waals surface area contributed by atoms with E-state index in [1.165, 1.54) is 0 Å². The Morgan fingerprint density at radius 2 is 2.24 bits per heavy atom. The lowest BCUT2D eigenvalue weighted by molar-refractivity contribution is -0.131. The summed E-state index contributed by atoms with van der Waals surface area (Å²) in [5.74, 6) is 0.0490. The second kappa shape index (κ2) is 8.15. The fourth-order valence-corrected chi connectivity index (χ4v) is 2.39. The van der Waals surface area contributed by atoms with Gasteiger partial charge in [-0.2, -0.15) is 0 Å². The van der Waals surface area contributed by atoms with Gasteiger partial charge in [0.05, 0.1) is 24.5 Å². The van der Waals surface area contributed by atoms with Crippen LogP contribution in [0.5, 0.6) is 0 Å². The minimum atomic E-state index is -0.250. The van der Waals surface area contributed by atoms with E-state index in [0.29, 0.717) is 6.42 Å². The predicted molar refractivity (Wildman–Crippen MR) is 79.0 cm³/mol. The second-order valence-corrected chi connectivity index (χ2v) is 5.23. The summed E-state index contributed by atoms with van der Waals surface area (Å²) < 4.78 is 0. The van der Waals surface area contributed by atoms with Crippen LogP contribution >= 0.6 is 11.3 Å². The zero-order valence-electron chi connectivity index (χ0n) is 12.1. The highest BCUT2D eigenvalue weighted by molar-refractivity contribution is 7.09. The van der Waals surface area contributed by atoms with E-state index in [4.69, 9.17) is 9.90 Å². The third-order valence-electron chi connectivity index (χ3n) is 3.04. The van der Waals surface area contributed by atoms with Gasteiger partial charge in [0.2, 0.25) is 5.91 Å². The molecular weight excluding hydrogens is 292 g/mol. The van der Waals surface area contributed by atoms with Gasteiger partial charge in [0.25, 0.3) is 6.47 Å². The molecule has 1 unspecified atom stereocenters. The molecule has 0 aliphatic carbocycles. The van der Waals surface area contributed by atoms with Crippen molar-refractivity contribution in [1.29, 1.82) is 0 Å². The van der Waals surface area contributed by atoms with Crippen molar-refractivity contribution in [3.05, 3.63) is 34.3 Å². The third-order valence-corrected chi connectivity index (χ3v) is 3.98. The first kappa shape index (κ1) is 16.8. The maximum absolute atomic E-state index is 12.1. The largest absolute Gasteiger partial charge is 0.483 e. The third kappa shape index (κ3) is 4.67. The number of nitrogens with zero attached hydrogens (tertiary/aromatic N) is 3. The molecule has 0 radical (unpaired) electrons. The molecule has 2 rings (SSSR count). The van der Waals surface area contributed by atoms with Crippen LogP contribution in [0.25, 0.3) is 0 Å². The molecule has 21 heavy (non-hydrogen) atoms. The molecule has 0 spiro atoms. The Hall–Kier alpha value is -2.22. The number of hydrogen-bond acceptors (Lipinski definition) is 5. The number of thiazole rings is 1. The Kier molecular flexibility index (Phi) is 6.54. The van der Waals surface area contributed by atoms with Crippen molar-refractivity contribution < 1.29 is 14.7 Å². The molecule has 0 aliphatic rings. The van der Waals surface area contributed by atoms with E-state index in [1.54, 1.807) is 35.8 Å². The number of likely N-dealkylation sites (N-methyl/N-ethyl adjacent to an activating group) is 1. The van der Waals surface area contributed by atoms with E-state index in [0.717, 1.165) is 16.4 Å². The monoisotopic (exact) mass is 310 g/mol. The zero-order valence-corrected chi connectivity index (χ0v) is 12.9. The lowest BCUT2D eigenvalue weighted by atomic mass is 10.2. The van der Waals surface area contributed by atoms with Crippen molar-refractivity contribution in [2.24, 2.45) is 0 Å². The van der Waals surface area contributed by atoms with E-state index in [-0.39, 0.29) is 18.4 Å². The number of carbonyl (C=O) groups is 2. The molecule has 2 heterocycles. The van der Waals surface area contributed by atoms with Crippen molar-refractivity contribution in [1.82, 2.24) is 19.9 Å². The van der Waals surface area contributed by atoms with Gasteiger partial charge >= 0.3 is 0 Å². The van der Waals surface area contributed by atoms with Gasteiger partial charge in [-0.3, -0.25) is 9.59 Å². The standard InChI is InChI=1S/C12H16N4OS.CH2O2/c1-8-10(15-7-14-8)6-11(17)16(3)9(2)12-13-4-5-18-12;2-1-3/h4-5,7,9H,6H2,1-3H3,(H,14,15);1H,(H,2,3). The van der Waals surface area contributed by atoms with Gasteiger partial charge in [-0.1, -0.05) is 0 Å². The van der Waals surface area contributed by atoms with Crippen LogP contribution in [0.3, 0.4) is 0 Å². The maximum atomic E-state index is 12.1. The number of aryl methyl sites for hydroxylation is 1. The summed E-state index contributed by atoms with van der Waals surface area (Å²) in [5.41, 5.74) is 1.75. The normalized spacial score (nSPS) is 11.2. The quantitative estimate of drug-likeness (QED) is 0.836. The molecule has 0 saturated heterocycles. The highest BCUT2D eigenvalue weighted by atomic mass is 32.1. The number of aromatic nitrogens is 3. The van der Waals surface area contributed by atoms with Gasteiger partial charge in [0.15, 0.2) is 0 Å². The van der Waals surface area contributed by atoms with E-state index >= 15 is 0 Å². The van der Waals surface area contributed by atoms with Crippen molar-refractivity contribution in [2.75, 3.05) is 7.05 Å². The number of carbonyl (C=O) groups excluding carboxylic acids is 1. The van der Waals surface area contributed by atoms with E-state index in [2.05, 4.69) is 15.0 Å².